The third-order valence-corrected chi connectivity index (χ3v) is 5.09. The van der Waals surface area contributed by atoms with E-state index in [0.717, 1.165) is 13.1 Å². The molecule has 4 heteroatoms. The summed E-state index contributed by atoms with van der Waals surface area (Å²) in [5.41, 5.74) is 1.55. The monoisotopic (exact) mass is 245 g/mol. The normalized spacial score (nSPS) is 19.2. The molecule has 1 fully saturated rings. The van der Waals surface area contributed by atoms with Gasteiger partial charge >= 0.3 is 0 Å². The van der Waals surface area contributed by atoms with Gasteiger partial charge in [-0.1, -0.05) is 0 Å². The van der Waals surface area contributed by atoms with E-state index in [2.05, 4.69) is 14.9 Å². The average molecular weight is 245 g/mol. The molecule has 0 atom stereocenters. The van der Waals surface area contributed by atoms with Crippen LogP contribution in [0.1, 0.15) is 29.7 Å². The first-order chi connectivity index (χ1) is 8.43. The average Bonchev–Trinajstić information content (AvgIpc) is 3.04. The first-order valence-electron chi connectivity index (χ1n) is 6.44. The second kappa shape index (κ2) is 3.67. The predicted octanol–water partition coefficient (Wildman–Crippen LogP) is 2.78. The summed E-state index contributed by atoms with van der Waals surface area (Å²) in [7, 11) is 0. The minimum atomic E-state index is 1.16. The minimum absolute atomic E-state index is 1.16. The van der Waals surface area contributed by atoms with Gasteiger partial charge in [-0.2, -0.15) is 0 Å². The fourth-order valence-corrected chi connectivity index (χ4v) is 4.30. The maximum absolute atomic E-state index is 4.56. The smallest absolute Gasteiger partial charge is 0.141 e. The summed E-state index contributed by atoms with van der Waals surface area (Å²) in [5.74, 6) is 1.20. The first-order valence-corrected chi connectivity index (χ1v) is 7.25. The van der Waals surface area contributed by atoms with E-state index in [9.17, 15) is 0 Å². The Morgan fingerprint density at radius 2 is 1.94 bits per heavy atom. The van der Waals surface area contributed by atoms with Gasteiger partial charge in [-0.15, -0.1) is 11.3 Å². The van der Waals surface area contributed by atoms with Crippen molar-refractivity contribution in [2.45, 2.75) is 32.1 Å². The largest absolute Gasteiger partial charge is 0.356 e. The van der Waals surface area contributed by atoms with Crippen LogP contribution in [0.25, 0.3) is 10.2 Å². The van der Waals surface area contributed by atoms with Crippen LogP contribution in [0.3, 0.4) is 0 Å². The van der Waals surface area contributed by atoms with Gasteiger partial charge in [0.15, 0.2) is 0 Å². The van der Waals surface area contributed by atoms with Crippen molar-refractivity contribution in [3.8, 4) is 0 Å². The highest BCUT2D eigenvalue weighted by Gasteiger charge is 2.24. The molecule has 0 spiro atoms. The third kappa shape index (κ3) is 1.40. The molecule has 88 valence electrons. The Morgan fingerprint density at radius 3 is 2.82 bits per heavy atom. The molecule has 0 radical (unpaired) electrons. The Labute approximate surface area is 104 Å². The molecule has 0 bridgehead atoms. The van der Waals surface area contributed by atoms with Gasteiger partial charge < -0.3 is 4.90 Å². The molecule has 0 N–H and O–H groups in total. The number of aromatic nitrogens is 2. The summed E-state index contributed by atoms with van der Waals surface area (Å²) in [6.45, 7) is 2.33. The van der Waals surface area contributed by atoms with Crippen LogP contribution in [-0.4, -0.2) is 23.1 Å². The van der Waals surface area contributed by atoms with Gasteiger partial charge in [0.05, 0.1) is 5.39 Å². The van der Waals surface area contributed by atoms with Crippen LogP contribution in [0.2, 0.25) is 0 Å². The number of anilines is 1. The molecule has 3 heterocycles. The van der Waals surface area contributed by atoms with Crippen molar-refractivity contribution in [1.82, 2.24) is 9.97 Å². The quantitative estimate of drug-likeness (QED) is 0.773. The lowest BCUT2D eigenvalue weighted by molar-refractivity contribution is 0.912. The number of thiophene rings is 1. The van der Waals surface area contributed by atoms with E-state index in [1.807, 2.05) is 11.3 Å². The van der Waals surface area contributed by atoms with E-state index in [0.29, 0.717) is 0 Å². The van der Waals surface area contributed by atoms with Crippen LogP contribution in [0.15, 0.2) is 6.33 Å². The molecule has 1 aliphatic heterocycles. The minimum Gasteiger partial charge on any atom is -0.356 e. The van der Waals surface area contributed by atoms with Gasteiger partial charge in [-0.25, -0.2) is 9.97 Å². The SMILES string of the molecule is c1nc(N2CCCC2)c2c3c(sc2n1)CCC3. The van der Waals surface area contributed by atoms with Crippen LogP contribution in [0.4, 0.5) is 5.82 Å². The van der Waals surface area contributed by atoms with E-state index < -0.39 is 0 Å². The zero-order valence-corrected chi connectivity index (χ0v) is 10.6. The highest BCUT2D eigenvalue weighted by atomic mass is 32.1. The van der Waals surface area contributed by atoms with Crippen molar-refractivity contribution in [1.29, 1.82) is 0 Å². The molecular formula is C13H15N3S. The van der Waals surface area contributed by atoms with Gasteiger partial charge in [0, 0.05) is 18.0 Å². The number of hydrogen-bond donors (Lipinski definition) is 0. The molecule has 1 saturated heterocycles. The number of fused-ring (bicyclic) bond motifs is 3. The molecule has 1 aliphatic carbocycles. The van der Waals surface area contributed by atoms with E-state index in [-0.39, 0.29) is 0 Å². The molecule has 4 rings (SSSR count). The lowest BCUT2D eigenvalue weighted by Crippen LogP contribution is -2.19. The molecule has 2 aromatic heterocycles. The summed E-state index contributed by atoms with van der Waals surface area (Å²) in [6, 6.07) is 0. The molecule has 0 unspecified atom stereocenters. The molecule has 17 heavy (non-hydrogen) atoms. The van der Waals surface area contributed by atoms with E-state index >= 15 is 0 Å². The standard InChI is InChI=1S/C13H15N3S/c1-2-7-16(6-1)12-11-9-4-3-5-10(9)17-13(11)15-8-14-12/h8H,1-7H2. The molecule has 0 aromatic carbocycles. The Morgan fingerprint density at radius 1 is 1.06 bits per heavy atom. The maximum atomic E-state index is 4.56. The summed E-state index contributed by atoms with van der Waals surface area (Å²) >= 11 is 1.88. The summed E-state index contributed by atoms with van der Waals surface area (Å²) < 4.78 is 0. The molecule has 2 aromatic rings. The fraction of sp³-hybridized carbons (Fsp3) is 0.538. The lowest BCUT2D eigenvalue weighted by Gasteiger charge is -2.17. The summed E-state index contributed by atoms with van der Waals surface area (Å²) in [6.07, 6.45) is 8.13. The van der Waals surface area contributed by atoms with Gasteiger partial charge in [0.1, 0.15) is 17.0 Å². The van der Waals surface area contributed by atoms with Crippen LogP contribution in [-0.2, 0) is 12.8 Å². The number of hydrogen-bond acceptors (Lipinski definition) is 4. The number of rotatable bonds is 1. The summed E-state index contributed by atoms with van der Waals surface area (Å²) in [4.78, 5) is 14.2. The zero-order chi connectivity index (χ0) is 11.2. The van der Waals surface area contributed by atoms with Crippen LogP contribution in [0, 0.1) is 0 Å². The van der Waals surface area contributed by atoms with Crippen molar-refractivity contribution in [3.63, 3.8) is 0 Å². The van der Waals surface area contributed by atoms with Crippen molar-refractivity contribution in [3.05, 3.63) is 16.8 Å². The van der Waals surface area contributed by atoms with Crippen molar-refractivity contribution in [2.24, 2.45) is 0 Å². The molecule has 2 aliphatic rings. The Hall–Kier alpha value is -1.16. The van der Waals surface area contributed by atoms with E-state index in [4.69, 9.17) is 0 Å². The topological polar surface area (TPSA) is 29.0 Å². The predicted molar refractivity (Wildman–Crippen MR) is 70.9 cm³/mol. The van der Waals surface area contributed by atoms with Crippen LogP contribution in [0.5, 0.6) is 0 Å². The molecule has 0 amide bonds. The Balaban J connectivity index is 1.96. The number of aryl methyl sites for hydroxylation is 2. The highest BCUT2D eigenvalue weighted by Crippen LogP contribution is 2.40. The van der Waals surface area contributed by atoms with Crippen molar-refractivity contribution in [2.75, 3.05) is 18.0 Å². The lowest BCUT2D eigenvalue weighted by atomic mass is 10.2. The first kappa shape index (κ1) is 9.83. The summed E-state index contributed by atoms with van der Waals surface area (Å²) in [5, 5.41) is 1.37. The molecular weight excluding hydrogens is 230 g/mol. The maximum Gasteiger partial charge on any atom is 0.141 e. The van der Waals surface area contributed by atoms with Gasteiger partial charge in [0.25, 0.3) is 0 Å². The zero-order valence-electron chi connectivity index (χ0n) is 9.78. The number of nitrogens with zero attached hydrogens (tertiary/aromatic N) is 3. The molecule has 3 nitrogen and oxygen atoms in total. The fourth-order valence-electron chi connectivity index (χ4n) is 3.08. The van der Waals surface area contributed by atoms with Crippen LogP contribution >= 0.6 is 11.3 Å². The van der Waals surface area contributed by atoms with Gasteiger partial charge in [0.2, 0.25) is 0 Å². The van der Waals surface area contributed by atoms with Gasteiger partial charge in [-0.05, 0) is 37.7 Å². The van der Waals surface area contributed by atoms with Crippen molar-refractivity contribution < 1.29 is 0 Å². The Bertz CT molecular complexity index is 569. The highest BCUT2D eigenvalue weighted by molar-refractivity contribution is 7.19. The van der Waals surface area contributed by atoms with Gasteiger partial charge in [-0.3, -0.25) is 0 Å². The van der Waals surface area contributed by atoms with Crippen molar-refractivity contribution >= 4 is 27.4 Å². The van der Waals surface area contributed by atoms with E-state index in [1.165, 1.54) is 48.1 Å². The van der Waals surface area contributed by atoms with E-state index in [1.54, 1.807) is 16.8 Å². The second-order valence-corrected chi connectivity index (χ2v) is 6.01. The third-order valence-electron chi connectivity index (χ3n) is 3.89. The second-order valence-electron chi connectivity index (χ2n) is 4.93. The van der Waals surface area contributed by atoms with Crippen LogP contribution < -0.4 is 4.90 Å². The molecule has 0 saturated carbocycles. The Kier molecular flexibility index (Phi) is 2.12.